The maximum absolute atomic E-state index is 9.10. The first-order valence-electron chi connectivity index (χ1n) is 7.71. The fourth-order valence-electron chi connectivity index (χ4n) is 2.18. The molecule has 0 radical (unpaired) electrons. The van der Waals surface area contributed by atoms with Crippen molar-refractivity contribution in [3.8, 4) is 5.75 Å². The van der Waals surface area contributed by atoms with Crippen LogP contribution in [0.3, 0.4) is 0 Å². The Balaban J connectivity index is 0.000000413. The molecule has 0 aliphatic carbocycles. The Labute approximate surface area is 149 Å². The number of aliphatic carboxylic acids is 2. The van der Waals surface area contributed by atoms with Gasteiger partial charge in [-0.15, -0.1) is 0 Å². The van der Waals surface area contributed by atoms with Crippen LogP contribution in [-0.2, 0) is 9.59 Å². The Morgan fingerprint density at radius 1 is 1.12 bits per heavy atom. The molecule has 2 N–H and O–H groups in total. The lowest BCUT2D eigenvalue weighted by atomic mass is 10.3. The number of halogens is 1. The van der Waals surface area contributed by atoms with Crippen molar-refractivity contribution in [3.63, 3.8) is 0 Å². The van der Waals surface area contributed by atoms with Crippen LogP contribution in [0.15, 0.2) is 28.7 Å². The number of hydrogen-bond acceptors (Lipinski definition) is 5. The van der Waals surface area contributed by atoms with Gasteiger partial charge in [0.05, 0.1) is 0 Å². The second kappa shape index (κ2) is 11.0. The van der Waals surface area contributed by atoms with Gasteiger partial charge >= 0.3 is 11.9 Å². The summed E-state index contributed by atoms with van der Waals surface area (Å²) in [5.41, 5.74) is 0. The zero-order valence-electron chi connectivity index (χ0n) is 13.7. The molecule has 8 heteroatoms. The maximum Gasteiger partial charge on any atom is 0.414 e. The van der Waals surface area contributed by atoms with Crippen molar-refractivity contribution in [2.75, 3.05) is 45.9 Å². The molecule has 2 rings (SSSR count). The lowest BCUT2D eigenvalue weighted by molar-refractivity contribution is -0.159. The fourth-order valence-corrected chi connectivity index (χ4v) is 2.56. The number of benzene rings is 1. The molecule has 1 aromatic rings. The van der Waals surface area contributed by atoms with Gasteiger partial charge in [0, 0.05) is 37.2 Å². The highest BCUT2D eigenvalue weighted by molar-refractivity contribution is 9.10. The summed E-state index contributed by atoms with van der Waals surface area (Å²) in [5.74, 6) is -2.71. The average Bonchev–Trinajstić information content (AvgIpc) is 2.56. The van der Waals surface area contributed by atoms with Crippen LogP contribution in [0, 0.1) is 0 Å². The van der Waals surface area contributed by atoms with Gasteiger partial charge in [0.2, 0.25) is 0 Å². The van der Waals surface area contributed by atoms with Gasteiger partial charge in [0.1, 0.15) is 12.4 Å². The van der Waals surface area contributed by atoms with Crippen LogP contribution >= 0.6 is 15.9 Å². The van der Waals surface area contributed by atoms with E-state index in [1.807, 2.05) is 24.3 Å². The zero-order valence-corrected chi connectivity index (χ0v) is 15.2. The lowest BCUT2D eigenvalue weighted by Crippen LogP contribution is -2.47. The van der Waals surface area contributed by atoms with Crippen LogP contribution in [-0.4, -0.2) is 77.8 Å². The predicted molar refractivity (Wildman–Crippen MR) is 93.5 cm³/mol. The van der Waals surface area contributed by atoms with Gasteiger partial charge in [-0.3, -0.25) is 4.90 Å². The first kappa shape index (κ1) is 20.4. The highest BCUT2D eigenvalue weighted by atomic mass is 79.9. The van der Waals surface area contributed by atoms with Gasteiger partial charge in [-0.2, -0.15) is 0 Å². The molecule has 0 amide bonds. The summed E-state index contributed by atoms with van der Waals surface area (Å²) in [5, 5.41) is 14.8. The number of ether oxygens (including phenoxy) is 1. The molecule has 0 aromatic heterocycles. The van der Waals surface area contributed by atoms with Crippen molar-refractivity contribution >= 4 is 27.9 Å². The van der Waals surface area contributed by atoms with Crippen LogP contribution in [0.5, 0.6) is 5.75 Å². The Kier molecular flexibility index (Phi) is 9.36. The van der Waals surface area contributed by atoms with E-state index in [9.17, 15) is 0 Å². The third kappa shape index (κ3) is 8.28. The summed E-state index contributed by atoms with van der Waals surface area (Å²) in [7, 11) is 0. The minimum atomic E-state index is -1.82. The summed E-state index contributed by atoms with van der Waals surface area (Å²) in [4.78, 5) is 23.2. The van der Waals surface area contributed by atoms with Crippen LogP contribution in [0.2, 0.25) is 0 Å². The Morgan fingerprint density at radius 3 is 2.21 bits per heavy atom. The van der Waals surface area contributed by atoms with E-state index in [2.05, 4.69) is 32.7 Å². The lowest BCUT2D eigenvalue weighted by Gasteiger charge is -2.33. The maximum atomic E-state index is 9.10. The molecule has 1 heterocycles. The number of carbonyl (C=O) groups is 2. The van der Waals surface area contributed by atoms with E-state index in [0.29, 0.717) is 0 Å². The average molecular weight is 403 g/mol. The highest BCUT2D eigenvalue weighted by Gasteiger charge is 2.14. The standard InChI is InChI=1S/C14H21BrN2O.C2H2O4/c1-2-16-6-8-17(9-7-16)10-11-18-14-5-3-4-13(15)12-14;3-1(4)2(5)6/h3-5,12H,2,6-11H2,1H3;(H,3,4)(H,5,6). The minimum absolute atomic E-state index is 0.766. The van der Waals surface area contributed by atoms with Crippen LogP contribution in [0.1, 0.15) is 6.92 Å². The second-order valence-corrected chi connectivity index (χ2v) is 6.11. The van der Waals surface area contributed by atoms with Crippen molar-refractivity contribution in [2.45, 2.75) is 6.92 Å². The van der Waals surface area contributed by atoms with Crippen molar-refractivity contribution in [1.29, 1.82) is 0 Å². The molecule has 0 unspecified atom stereocenters. The smallest absolute Gasteiger partial charge is 0.414 e. The van der Waals surface area contributed by atoms with E-state index in [1.165, 1.54) is 19.6 Å². The zero-order chi connectivity index (χ0) is 17.9. The molecule has 1 aromatic carbocycles. The summed E-state index contributed by atoms with van der Waals surface area (Å²) < 4.78 is 6.82. The largest absolute Gasteiger partial charge is 0.492 e. The van der Waals surface area contributed by atoms with Crippen LogP contribution in [0.25, 0.3) is 0 Å². The van der Waals surface area contributed by atoms with Crippen molar-refractivity contribution in [2.24, 2.45) is 0 Å². The number of hydrogen-bond donors (Lipinski definition) is 2. The number of carboxylic acid groups (broad SMARTS) is 2. The topological polar surface area (TPSA) is 90.3 Å². The first-order chi connectivity index (χ1) is 11.4. The van der Waals surface area contributed by atoms with Crippen molar-refractivity contribution < 1.29 is 24.5 Å². The van der Waals surface area contributed by atoms with E-state index in [1.54, 1.807) is 0 Å². The molecule has 1 aliphatic rings. The monoisotopic (exact) mass is 402 g/mol. The molecule has 134 valence electrons. The highest BCUT2D eigenvalue weighted by Crippen LogP contribution is 2.17. The molecular weight excluding hydrogens is 380 g/mol. The number of carboxylic acids is 2. The van der Waals surface area contributed by atoms with E-state index in [0.717, 1.165) is 36.5 Å². The van der Waals surface area contributed by atoms with Crippen molar-refractivity contribution in [3.05, 3.63) is 28.7 Å². The number of rotatable bonds is 5. The normalized spacial score (nSPS) is 15.2. The van der Waals surface area contributed by atoms with E-state index >= 15 is 0 Å². The van der Waals surface area contributed by atoms with Gasteiger partial charge < -0.3 is 19.8 Å². The summed E-state index contributed by atoms with van der Waals surface area (Å²) >= 11 is 3.45. The first-order valence-corrected chi connectivity index (χ1v) is 8.51. The SMILES string of the molecule is CCN1CCN(CCOc2cccc(Br)c2)CC1.O=C(O)C(=O)O. The van der Waals surface area contributed by atoms with Crippen molar-refractivity contribution in [1.82, 2.24) is 9.80 Å². The molecule has 24 heavy (non-hydrogen) atoms. The molecule has 0 saturated carbocycles. The van der Waals surface area contributed by atoms with Gasteiger partial charge in [0.15, 0.2) is 0 Å². The molecule has 0 spiro atoms. The Bertz CT molecular complexity index is 521. The molecule has 1 fully saturated rings. The third-order valence-electron chi connectivity index (χ3n) is 3.57. The van der Waals surface area contributed by atoms with Crippen LogP contribution in [0.4, 0.5) is 0 Å². The molecule has 1 saturated heterocycles. The number of likely N-dealkylation sites (N-methyl/N-ethyl adjacent to an activating group) is 1. The Hall–Kier alpha value is -1.64. The van der Waals surface area contributed by atoms with E-state index in [4.69, 9.17) is 24.5 Å². The molecule has 1 aliphatic heterocycles. The molecule has 0 bridgehead atoms. The summed E-state index contributed by atoms with van der Waals surface area (Å²) in [6.07, 6.45) is 0. The third-order valence-corrected chi connectivity index (χ3v) is 4.06. The van der Waals surface area contributed by atoms with E-state index in [-0.39, 0.29) is 0 Å². The summed E-state index contributed by atoms with van der Waals surface area (Å²) in [6.45, 7) is 9.88. The molecular formula is C16H23BrN2O5. The van der Waals surface area contributed by atoms with Gasteiger partial charge in [-0.05, 0) is 24.7 Å². The Morgan fingerprint density at radius 2 is 1.71 bits per heavy atom. The molecule has 7 nitrogen and oxygen atoms in total. The minimum Gasteiger partial charge on any atom is -0.492 e. The fraction of sp³-hybridized carbons (Fsp3) is 0.500. The summed E-state index contributed by atoms with van der Waals surface area (Å²) in [6, 6.07) is 8.02. The number of nitrogens with zero attached hydrogens (tertiary/aromatic N) is 2. The number of piperazine rings is 1. The van der Waals surface area contributed by atoms with Crippen LogP contribution < -0.4 is 4.74 Å². The van der Waals surface area contributed by atoms with Gasteiger partial charge in [-0.1, -0.05) is 28.9 Å². The predicted octanol–water partition coefficient (Wildman–Crippen LogP) is 1.62. The van der Waals surface area contributed by atoms with Gasteiger partial charge in [-0.25, -0.2) is 9.59 Å². The van der Waals surface area contributed by atoms with Gasteiger partial charge in [0.25, 0.3) is 0 Å². The second-order valence-electron chi connectivity index (χ2n) is 5.19. The van der Waals surface area contributed by atoms with E-state index < -0.39 is 11.9 Å². The quantitative estimate of drug-likeness (QED) is 0.723. The molecule has 0 atom stereocenters.